The van der Waals surface area contributed by atoms with Crippen LogP contribution in [0.5, 0.6) is 0 Å². The van der Waals surface area contributed by atoms with Crippen LogP contribution in [0, 0.1) is 13.8 Å². The topological polar surface area (TPSA) is 95.2 Å². The summed E-state index contributed by atoms with van der Waals surface area (Å²) in [6.45, 7) is 5.57. The average Bonchev–Trinajstić information content (AvgIpc) is 3.08. The van der Waals surface area contributed by atoms with Crippen LogP contribution in [0.15, 0.2) is 50.8 Å². The predicted molar refractivity (Wildman–Crippen MR) is 106 cm³/mol. The summed E-state index contributed by atoms with van der Waals surface area (Å²) in [5.74, 6) is 1.08. The first-order chi connectivity index (χ1) is 13.3. The molecule has 1 aromatic carbocycles. The number of rotatable bonds is 6. The van der Waals surface area contributed by atoms with Crippen LogP contribution in [0.4, 0.5) is 0 Å². The van der Waals surface area contributed by atoms with Crippen molar-refractivity contribution in [3.8, 4) is 0 Å². The number of piperazine rings is 1. The Labute approximate surface area is 164 Å². The van der Waals surface area contributed by atoms with Gasteiger partial charge < -0.3 is 4.42 Å². The van der Waals surface area contributed by atoms with Crippen molar-refractivity contribution in [2.75, 3.05) is 32.7 Å². The van der Waals surface area contributed by atoms with Crippen LogP contribution >= 0.6 is 0 Å². The standard InChI is InChI=1S/C19H24N4O4S/c1-15-3-7-18(8-4-15)28(25,26)23-11-9-22(10-12-23)14-19(24)21-20-13-17-6-5-16(2)27-17/h3-8,13H,9-12,14H2,1-2H3,(H,21,24)/b20-13-. The highest BCUT2D eigenvalue weighted by Crippen LogP contribution is 2.18. The molecule has 3 rings (SSSR count). The number of carbonyl (C=O) groups excluding carboxylic acids is 1. The molecule has 1 aliphatic heterocycles. The summed E-state index contributed by atoms with van der Waals surface area (Å²) in [6.07, 6.45) is 1.44. The van der Waals surface area contributed by atoms with E-state index in [1.165, 1.54) is 10.5 Å². The van der Waals surface area contributed by atoms with Gasteiger partial charge in [0.1, 0.15) is 11.5 Å². The van der Waals surface area contributed by atoms with E-state index < -0.39 is 10.0 Å². The molecule has 1 aliphatic rings. The fourth-order valence-electron chi connectivity index (χ4n) is 2.92. The largest absolute Gasteiger partial charge is 0.460 e. The maximum absolute atomic E-state index is 12.7. The number of amides is 1. The number of nitrogens with zero attached hydrogens (tertiary/aromatic N) is 3. The Kier molecular flexibility index (Phi) is 6.28. The smallest absolute Gasteiger partial charge is 0.254 e. The van der Waals surface area contributed by atoms with Crippen LogP contribution in [0.2, 0.25) is 0 Å². The lowest BCUT2D eigenvalue weighted by Crippen LogP contribution is -2.50. The molecule has 8 nitrogen and oxygen atoms in total. The Bertz CT molecular complexity index is 943. The number of hydrogen-bond donors (Lipinski definition) is 1. The van der Waals surface area contributed by atoms with Crippen molar-refractivity contribution < 1.29 is 17.6 Å². The van der Waals surface area contributed by atoms with Crippen molar-refractivity contribution in [1.82, 2.24) is 14.6 Å². The summed E-state index contributed by atoms with van der Waals surface area (Å²) in [4.78, 5) is 14.2. The zero-order valence-corrected chi connectivity index (χ0v) is 16.8. The zero-order chi connectivity index (χ0) is 20.1. The Morgan fingerprint density at radius 3 is 2.39 bits per heavy atom. The minimum Gasteiger partial charge on any atom is -0.460 e. The number of sulfonamides is 1. The number of furan rings is 1. The molecule has 0 bridgehead atoms. The number of hydrogen-bond acceptors (Lipinski definition) is 6. The van der Waals surface area contributed by atoms with Gasteiger partial charge in [-0.1, -0.05) is 17.7 Å². The number of aryl methyl sites for hydroxylation is 2. The fraction of sp³-hybridized carbons (Fsp3) is 0.368. The van der Waals surface area contributed by atoms with E-state index in [1.54, 1.807) is 30.3 Å². The molecule has 1 aromatic heterocycles. The number of nitrogens with one attached hydrogen (secondary N) is 1. The monoisotopic (exact) mass is 404 g/mol. The molecular formula is C19H24N4O4S. The van der Waals surface area contributed by atoms with E-state index in [4.69, 9.17) is 4.42 Å². The second kappa shape index (κ2) is 8.68. The third-order valence-electron chi connectivity index (χ3n) is 4.50. The zero-order valence-electron chi connectivity index (χ0n) is 16.0. The molecule has 2 heterocycles. The van der Waals surface area contributed by atoms with Gasteiger partial charge in [-0.3, -0.25) is 9.69 Å². The second-order valence-corrected chi connectivity index (χ2v) is 8.67. The third-order valence-corrected chi connectivity index (χ3v) is 6.41. The molecule has 0 aliphatic carbocycles. The van der Waals surface area contributed by atoms with E-state index in [9.17, 15) is 13.2 Å². The molecule has 0 saturated carbocycles. The molecule has 1 amide bonds. The number of hydrazone groups is 1. The minimum atomic E-state index is -3.50. The lowest BCUT2D eigenvalue weighted by atomic mass is 10.2. The van der Waals surface area contributed by atoms with E-state index in [0.29, 0.717) is 36.8 Å². The lowest BCUT2D eigenvalue weighted by molar-refractivity contribution is -0.122. The van der Waals surface area contributed by atoms with Gasteiger partial charge in [0.05, 0.1) is 17.7 Å². The van der Waals surface area contributed by atoms with Crippen molar-refractivity contribution in [3.05, 3.63) is 53.5 Å². The number of benzene rings is 1. The Morgan fingerprint density at radius 2 is 1.79 bits per heavy atom. The summed E-state index contributed by atoms with van der Waals surface area (Å²) >= 11 is 0. The summed E-state index contributed by atoms with van der Waals surface area (Å²) in [5, 5.41) is 3.87. The van der Waals surface area contributed by atoms with Crippen LogP contribution in [0.3, 0.4) is 0 Å². The molecule has 0 atom stereocenters. The first kappa shape index (κ1) is 20.2. The maximum Gasteiger partial charge on any atom is 0.254 e. The molecule has 28 heavy (non-hydrogen) atoms. The molecule has 1 fully saturated rings. The molecule has 1 saturated heterocycles. The molecule has 9 heteroatoms. The van der Waals surface area contributed by atoms with Crippen LogP contribution < -0.4 is 5.43 Å². The van der Waals surface area contributed by atoms with Gasteiger partial charge in [-0.2, -0.15) is 9.41 Å². The summed E-state index contributed by atoms with van der Waals surface area (Å²) in [7, 11) is -3.50. The molecule has 2 aromatic rings. The molecular weight excluding hydrogens is 380 g/mol. The first-order valence-corrected chi connectivity index (χ1v) is 10.5. The number of carbonyl (C=O) groups is 1. The molecule has 0 spiro atoms. The fourth-order valence-corrected chi connectivity index (χ4v) is 4.34. The predicted octanol–water partition coefficient (Wildman–Crippen LogP) is 1.35. The van der Waals surface area contributed by atoms with Crippen LogP contribution in [-0.4, -0.2) is 62.5 Å². The van der Waals surface area contributed by atoms with Gasteiger partial charge in [-0.05, 0) is 38.1 Å². The van der Waals surface area contributed by atoms with E-state index in [1.807, 2.05) is 24.8 Å². The minimum absolute atomic E-state index is 0.160. The van der Waals surface area contributed by atoms with E-state index >= 15 is 0 Å². The summed E-state index contributed by atoms with van der Waals surface area (Å²) in [6, 6.07) is 10.4. The van der Waals surface area contributed by atoms with E-state index in [0.717, 1.165) is 11.3 Å². The normalized spacial score (nSPS) is 16.5. The first-order valence-electron chi connectivity index (χ1n) is 9.02. The Hall–Kier alpha value is -2.49. The van der Waals surface area contributed by atoms with E-state index in [2.05, 4.69) is 10.5 Å². The van der Waals surface area contributed by atoms with Crippen molar-refractivity contribution in [2.24, 2.45) is 5.10 Å². The molecule has 0 unspecified atom stereocenters. The van der Waals surface area contributed by atoms with Gasteiger partial charge in [0, 0.05) is 26.2 Å². The Morgan fingerprint density at radius 1 is 1.11 bits per heavy atom. The van der Waals surface area contributed by atoms with Crippen molar-refractivity contribution in [1.29, 1.82) is 0 Å². The van der Waals surface area contributed by atoms with Gasteiger partial charge in [-0.25, -0.2) is 13.8 Å². The van der Waals surface area contributed by atoms with Crippen LogP contribution in [0.1, 0.15) is 17.1 Å². The average molecular weight is 404 g/mol. The highest BCUT2D eigenvalue weighted by Gasteiger charge is 2.28. The van der Waals surface area contributed by atoms with Gasteiger partial charge in [-0.15, -0.1) is 0 Å². The van der Waals surface area contributed by atoms with Crippen molar-refractivity contribution in [3.63, 3.8) is 0 Å². The van der Waals surface area contributed by atoms with Crippen molar-refractivity contribution >= 4 is 22.1 Å². The third kappa shape index (κ3) is 5.06. The quantitative estimate of drug-likeness (QED) is 0.579. The molecule has 1 N–H and O–H groups in total. The Balaban J connectivity index is 1.47. The SMILES string of the molecule is Cc1ccc(S(=O)(=O)N2CCN(CC(=O)N/N=C\c3ccc(C)o3)CC2)cc1. The van der Waals surface area contributed by atoms with Crippen molar-refractivity contribution in [2.45, 2.75) is 18.7 Å². The van der Waals surface area contributed by atoms with E-state index in [-0.39, 0.29) is 12.5 Å². The van der Waals surface area contributed by atoms with Crippen LogP contribution in [-0.2, 0) is 14.8 Å². The highest BCUT2D eigenvalue weighted by molar-refractivity contribution is 7.89. The lowest BCUT2D eigenvalue weighted by Gasteiger charge is -2.33. The van der Waals surface area contributed by atoms with Gasteiger partial charge in [0.25, 0.3) is 5.91 Å². The van der Waals surface area contributed by atoms with Gasteiger partial charge in [0.2, 0.25) is 10.0 Å². The van der Waals surface area contributed by atoms with Gasteiger partial charge in [0.15, 0.2) is 0 Å². The second-order valence-electron chi connectivity index (χ2n) is 6.73. The summed E-state index contributed by atoms with van der Waals surface area (Å²) in [5.41, 5.74) is 3.47. The van der Waals surface area contributed by atoms with Crippen LogP contribution in [0.25, 0.3) is 0 Å². The molecule has 0 radical (unpaired) electrons. The highest BCUT2D eigenvalue weighted by atomic mass is 32.2. The maximum atomic E-state index is 12.7. The molecule has 150 valence electrons. The van der Waals surface area contributed by atoms with Gasteiger partial charge >= 0.3 is 0 Å². The summed E-state index contributed by atoms with van der Waals surface area (Å²) < 4.78 is 32.2.